The van der Waals surface area contributed by atoms with Gasteiger partial charge in [0, 0.05) is 18.9 Å². The van der Waals surface area contributed by atoms with Crippen LogP contribution in [0, 0.1) is 11.5 Å². The molecule has 0 bridgehead atoms. The lowest BCUT2D eigenvalue weighted by atomic mass is 10.2. The van der Waals surface area contributed by atoms with E-state index in [9.17, 15) is 0 Å². The summed E-state index contributed by atoms with van der Waals surface area (Å²) in [6.45, 7) is 2.57. The first-order chi connectivity index (χ1) is 10.8. The molecular formula is C15H12N6S. The Bertz CT molecular complexity index is 813. The van der Waals surface area contributed by atoms with Gasteiger partial charge in [0.25, 0.3) is 0 Å². The van der Waals surface area contributed by atoms with Gasteiger partial charge in [-0.05, 0) is 37.3 Å². The lowest BCUT2D eigenvalue weighted by Crippen LogP contribution is -2.14. The minimum absolute atomic E-state index is 0.597. The Kier molecular flexibility index (Phi) is 4.03. The van der Waals surface area contributed by atoms with Crippen LogP contribution in [-0.4, -0.2) is 16.5 Å². The highest BCUT2D eigenvalue weighted by Crippen LogP contribution is 2.28. The van der Waals surface area contributed by atoms with Crippen LogP contribution >= 0.6 is 11.3 Å². The van der Waals surface area contributed by atoms with Crippen LogP contribution in [0.25, 0.3) is 10.2 Å². The molecule has 3 aromatic rings. The molecule has 0 spiro atoms. The van der Waals surface area contributed by atoms with Crippen LogP contribution in [0.2, 0.25) is 0 Å². The number of hydrogen-bond acceptors (Lipinski definition) is 7. The summed E-state index contributed by atoms with van der Waals surface area (Å²) in [7, 11) is 0. The van der Waals surface area contributed by atoms with E-state index in [0.29, 0.717) is 11.7 Å². The molecular weight excluding hydrogens is 296 g/mol. The van der Waals surface area contributed by atoms with Gasteiger partial charge in [0.05, 0.1) is 21.6 Å². The summed E-state index contributed by atoms with van der Waals surface area (Å²) in [5.74, 6) is 0. The van der Waals surface area contributed by atoms with E-state index in [1.807, 2.05) is 37.3 Å². The Balaban J connectivity index is 1.79. The molecule has 7 heteroatoms. The van der Waals surface area contributed by atoms with Crippen molar-refractivity contribution in [3.63, 3.8) is 0 Å². The van der Waals surface area contributed by atoms with Gasteiger partial charge in [-0.15, -0.1) is 10.2 Å². The molecule has 0 saturated heterocycles. The van der Waals surface area contributed by atoms with Gasteiger partial charge in [0.15, 0.2) is 6.19 Å². The van der Waals surface area contributed by atoms with Crippen molar-refractivity contribution in [2.24, 2.45) is 10.2 Å². The molecule has 6 nitrogen and oxygen atoms in total. The van der Waals surface area contributed by atoms with Gasteiger partial charge >= 0.3 is 0 Å². The number of nitrogens with zero attached hydrogens (tertiary/aromatic N) is 6. The van der Waals surface area contributed by atoms with Crippen molar-refractivity contribution in [3.8, 4) is 6.19 Å². The smallest absolute Gasteiger partial charge is 0.231 e. The van der Waals surface area contributed by atoms with Crippen molar-refractivity contribution in [2.45, 2.75) is 6.92 Å². The molecule has 3 rings (SSSR count). The van der Waals surface area contributed by atoms with Crippen molar-refractivity contribution in [3.05, 3.63) is 42.7 Å². The Morgan fingerprint density at radius 2 is 2.05 bits per heavy atom. The van der Waals surface area contributed by atoms with E-state index in [2.05, 4.69) is 26.4 Å². The fourth-order valence-electron chi connectivity index (χ4n) is 1.92. The number of azo groups is 1. The zero-order valence-corrected chi connectivity index (χ0v) is 12.7. The number of thiazole rings is 1. The van der Waals surface area contributed by atoms with Gasteiger partial charge in [-0.25, -0.2) is 4.98 Å². The second kappa shape index (κ2) is 6.28. The Hall–Kier alpha value is -2.85. The average Bonchev–Trinajstić information content (AvgIpc) is 2.98. The Labute approximate surface area is 131 Å². The molecule has 0 aliphatic rings. The molecule has 0 aliphatic carbocycles. The lowest BCUT2D eigenvalue weighted by Gasteiger charge is -2.12. The van der Waals surface area contributed by atoms with Crippen molar-refractivity contribution in [2.75, 3.05) is 11.4 Å². The normalized spacial score (nSPS) is 10.9. The molecule has 0 amide bonds. The standard InChI is InChI=1S/C15H12N6S/c1-2-21(10-16)12-5-3-11(4-6-12)19-20-15-18-13-7-8-17-9-14(13)22-15/h3-9H,2H2,1H3. The third-order valence-corrected chi connectivity index (χ3v) is 3.92. The number of rotatable bonds is 4. The molecule has 2 heterocycles. The molecule has 0 saturated carbocycles. The summed E-state index contributed by atoms with van der Waals surface area (Å²) in [6, 6.07) is 9.20. The van der Waals surface area contributed by atoms with Crippen LogP contribution < -0.4 is 4.90 Å². The maximum Gasteiger partial charge on any atom is 0.231 e. The van der Waals surface area contributed by atoms with Crippen LogP contribution in [0.5, 0.6) is 0 Å². The van der Waals surface area contributed by atoms with Gasteiger partial charge in [0.1, 0.15) is 0 Å². The lowest BCUT2D eigenvalue weighted by molar-refractivity contribution is 1.03. The number of anilines is 1. The number of fused-ring (bicyclic) bond motifs is 1. The number of hydrogen-bond donors (Lipinski definition) is 0. The first kappa shape index (κ1) is 14.1. The third kappa shape index (κ3) is 2.92. The van der Waals surface area contributed by atoms with Crippen LogP contribution in [0.1, 0.15) is 6.92 Å². The molecule has 0 unspecified atom stereocenters. The summed E-state index contributed by atoms with van der Waals surface area (Å²) >= 11 is 1.45. The van der Waals surface area contributed by atoms with E-state index in [0.717, 1.165) is 21.6 Å². The zero-order chi connectivity index (χ0) is 15.4. The monoisotopic (exact) mass is 308 g/mol. The van der Waals surface area contributed by atoms with Crippen molar-refractivity contribution >= 4 is 38.1 Å². The fraction of sp³-hybridized carbons (Fsp3) is 0.133. The SMILES string of the molecule is CCN(C#N)c1ccc(N=Nc2nc3ccncc3s2)cc1. The summed E-state index contributed by atoms with van der Waals surface area (Å²) in [5.41, 5.74) is 2.43. The molecule has 0 N–H and O–H groups in total. The van der Waals surface area contributed by atoms with Crippen molar-refractivity contribution in [1.82, 2.24) is 9.97 Å². The number of aromatic nitrogens is 2. The minimum Gasteiger partial charge on any atom is -0.280 e. The highest BCUT2D eigenvalue weighted by Gasteiger charge is 2.03. The summed E-state index contributed by atoms with van der Waals surface area (Å²) in [6.07, 6.45) is 5.60. The predicted octanol–water partition coefficient (Wildman–Crippen LogP) is 4.41. The van der Waals surface area contributed by atoms with Crippen molar-refractivity contribution < 1.29 is 0 Å². The van der Waals surface area contributed by atoms with E-state index in [4.69, 9.17) is 5.26 Å². The fourth-order valence-corrected chi connectivity index (χ4v) is 2.68. The van der Waals surface area contributed by atoms with E-state index < -0.39 is 0 Å². The minimum atomic E-state index is 0.597. The Morgan fingerprint density at radius 3 is 2.73 bits per heavy atom. The van der Waals surface area contributed by atoms with E-state index in [-0.39, 0.29) is 0 Å². The maximum absolute atomic E-state index is 8.99. The van der Waals surface area contributed by atoms with Crippen molar-refractivity contribution in [1.29, 1.82) is 5.26 Å². The highest BCUT2D eigenvalue weighted by molar-refractivity contribution is 7.21. The van der Waals surface area contributed by atoms with E-state index >= 15 is 0 Å². The quantitative estimate of drug-likeness (QED) is 0.406. The summed E-state index contributed by atoms with van der Waals surface area (Å²) < 4.78 is 0.986. The second-order valence-electron chi connectivity index (χ2n) is 4.40. The van der Waals surface area contributed by atoms with Gasteiger partial charge in [0.2, 0.25) is 5.13 Å². The molecule has 0 radical (unpaired) electrons. The summed E-state index contributed by atoms with van der Waals surface area (Å²) in [4.78, 5) is 10.0. The van der Waals surface area contributed by atoms with Crippen LogP contribution in [0.4, 0.5) is 16.5 Å². The molecule has 22 heavy (non-hydrogen) atoms. The van der Waals surface area contributed by atoms with Gasteiger partial charge < -0.3 is 0 Å². The largest absolute Gasteiger partial charge is 0.280 e. The van der Waals surface area contributed by atoms with Crippen LogP contribution in [0.15, 0.2) is 53.0 Å². The molecule has 2 aromatic heterocycles. The van der Waals surface area contributed by atoms with Crippen LogP contribution in [-0.2, 0) is 0 Å². The molecule has 0 atom stereocenters. The first-order valence-corrected chi connectivity index (χ1v) is 7.51. The average molecular weight is 308 g/mol. The van der Waals surface area contributed by atoms with Gasteiger partial charge in [-0.2, -0.15) is 5.26 Å². The Morgan fingerprint density at radius 1 is 1.23 bits per heavy atom. The third-order valence-electron chi connectivity index (χ3n) is 3.03. The highest BCUT2D eigenvalue weighted by atomic mass is 32.1. The summed E-state index contributed by atoms with van der Waals surface area (Å²) in [5, 5.41) is 17.9. The molecule has 1 aromatic carbocycles. The van der Waals surface area contributed by atoms with E-state index in [1.54, 1.807) is 17.3 Å². The maximum atomic E-state index is 8.99. The molecule has 0 fully saturated rings. The van der Waals surface area contributed by atoms with Crippen LogP contribution in [0.3, 0.4) is 0 Å². The predicted molar refractivity (Wildman–Crippen MR) is 86.7 cm³/mol. The van der Waals surface area contributed by atoms with Gasteiger partial charge in [-0.3, -0.25) is 9.88 Å². The molecule has 0 aliphatic heterocycles. The number of nitriles is 1. The second-order valence-corrected chi connectivity index (χ2v) is 5.41. The number of pyridine rings is 1. The first-order valence-electron chi connectivity index (χ1n) is 6.70. The molecule has 108 valence electrons. The number of benzene rings is 1. The van der Waals surface area contributed by atoms with Gasteiger partial charge in [-0.1, -0.05) is 11.3 Å². The zero-order valence-electron chi connectivity index (χ0n) is 11.8. The topological polar surface area (TPSA) is 77.5 Å². The van der Waals surface area contributed by atoms with E-state index in [1.165, 1.54) is 11.3 Å².